The van der Waals surface area contributed by atoms with Crippen LogP contribution in [0.2, 0.25) is 0 Å². The first-order chi connectivity index (χ1) is 9.13. The van der Waals surface area contributed by atoms with Crippen molar-refractivity contribution >= 4 is 0 Å². The summed E-state index contributed by atoms with van der Waals surface area (Å²) in [6.07, 6.45) is 11.7. The first kappa shape index (κ1) is 12.0. The molecule has 3 N–H and O–H groups in total. The highest BCUT2D eigenvalue weighted by molar-refractivity contribution is 5.22. The van der Waals surface area contributed by atoms with Gasteiger partial charge in [0.25, 0.3) is 0 Å². The molecule has 1 unspecified atom stereocenters. The molecule has 0 aliphatic heterocycles. The monoisotopic (exact) mass is 259 g/mol. The number of nitrogens with one attached hydrogen (secondary N) is 1. The molecule has 0 spiro atoms. The Morgan fingerprint density at radius 3 is 2.37 bits per heavy atom. The van der Waals surface area contributed by atoms with Crippen molar-refractivity contribution in [2.75, 3.05) is 0 Å². The van der Waals surface area contributed by atoms with Crippen molar-refractivity contribution in [3.63, 3.8) is 0 Å². The largest absolute Gasteiger partial charge is 0.345 e. The van der Waals surface area contributed by atoms with Crippen molar-refractivity contribution in [3.05, 3.63) is 17.7 Å². The van der Waals surface area contributed by atoms with Crippen LogP contribution in [0.25, 0.3) is 0 Å². The smallest absolute Gasteiger partial charge is 0.107 e. The van der Waals surface area contributed by atoms with Gasteiger partial charge in [-0.3, -0.25) is 0 Å². The van der Waals surface area contributed by atoms with E-state index in [0.717, 1.165) is 30.0 Å². The van der Waals surface area contributed by atoms with Crippen molar-refractivity contribution in [1.29, 1.82) is 0 Å². The molecule has 0 saturated heterocycles. The zero-order valence-electron chi connectivity index (χ0n) is 11.9. The SMILES string of the molecule is CC(N)Cc1ncc(C23CC4CC(CC(C4)C2)C3)[nH]1. The second-order valence-electron chi connectivity index (χ2n) is 7.62. The Kier molecular flexibility index (Phi) is 2.57. The number of imidazole rings is 1. The van der Waals surface area contributed by atoms with Gasteiger partial charge in [0.05, 0.1) is 0 Å². The molecule has 0 amide bonds. The standard InChI is InChI=1S/C16H25N3/c1-10(17)2-15-18-9-14(19-15)16-6-11-3-12(7-16)5-13(4-11)8-16/h9-13H,2-8,17H2,1H3,(H,18,19). The number of H-pyrrole nitrogens is 1. The van der Waals surface area contributed by atoms with Crippen molar-refractivity contribution in [2.24, 2.45) is 23.5 Å². The molecule has 3 nitrogen and oxygen atoms in total. The lowest BCUT2D eigenvalue weighted by Crippen LogP contribution is -2.48. The van der Waals surface area contributed by atoms with Gasteiger partial charge in [0, 0.05) is 29.8 Å². The van der Waals surface area contributed by atoms with Crippen LogP contribution in [0.1, 0.15) is 57.0 Å². The normalized spacial score (nSPS) is 41.7. The van der Waals surface area contributed by atoms with Crippen LogP contribution in [-0.2, 0) is 11.8 Å². The fraction of sp³-hybridized carbons (Fsp3) is 0.812. The van der Waals surface area contributed by atoms with Crippen LogP contribution in [0, 0.1) is 17.8 Å². The molecule has 104 valence electrons. The Bertz CT molecular complexity index is 439. The van der Waals surface area contributed by atoms with E-state index < -0.39 is 0 Å². The fourth-order valence-corrected chi connectivity index (χ4v) is 5.48. The lowest BCUT2D eigenvalue weighted by molar-refractivity contribution is -0.00706. The van der Waals surface area contributed by atoms with Crippen molar-refractivity contribution in [1.82, 2.24) is 9.97 Å². The predicted molar refractivity (Wildman–Crippen MR) is 75.8 cm³/mol. The Morgan fingerprint density at radius 1 is 1.26 bits per heavy atom. The minimum atomic E-state index is 0.190. The summed E-state index contributed by atoms with van der Waals surface area (Å²) in [6, 6.07) is 0.190. The number of aromatic nitrogens is 2. The van der Waals surface area contributed by atoms with Crippen LogP contribution in [0.4, 0.5) is 0 Å². The molecular weight excluding hydrogens is 234 g/mol. The molecule has 4 saturated carbocycles. The second-order valence-corrected chi connectivity index (χ2v) is 7.62. The van der Waals surface area contributed by atoms with Gasteiger partial charge in [-0.25, -0.2) is 4.98 Å². The van der Waals surface area contributed by atoms with Crippen LogP contribution in [0.15, 0.2) is 6.20 Å². The molecule has 1 heterocycles. The molecule has 4 aliphatic carbocycles. The first-order valence-corrected chi connectivity index (χ1v) is 7.93. The molecule has 4 fully saturated rings. The quantitative estimate of drug-likeness (QED) is 0.877. The summed E-state index contributed by atoms with van der Waals surface area (Å²) in [5.41, 5.74) is 7.74. The van der Waals surface area contributed by atoms with E-state index >= 15 is 0 Å². The maximum Gasteiger partial charge on any atom is 0.107 e. The average molecular weight is 259 g/mol. The molecule has 0 radical (unpaired) electrons. The van der Waals surface area contributed by atoms with Crippen LogP contribution in [0.5, 0.6) is 0 Å². The van der Waals surface area contributed by atoms with E-state index in [1.165, 1.54) is 44.2 Å². The number of rotatable bonds is 3. The minimum Gasteiger partial charge on any atom is -0.345 e. The molecule has 1 aromatic rings. The average Bonchev–Trinajstić information content (AvgIpc) is 2.75. The minimum absolute atomic E-state index is 0.190. The summed E-state index contributed by atoms with van der Waals surface area (Å²) >= 11 is 0. The summed E-state index contributed by atoms with van der Waals surface area (Å²) in [6.45, 7) is 2.05. The lowest BCUT2D eigenvalue weighted by Gasteiger charge is -2.56. The highest BCUT2D eigenvalue weighted by Gasteiger charge is 2.52. The third-order valence-electron chi connectivity index (χ3n) is 5.75. The van der Waals surface area contributed by atoms with Crippen LogP contribution >= 0.6 is 0 Å². The van der Waals surface area contributed by atoms with Gasteiger partial charge < -0.3 is 10.7 Å². The van der Waals surface area contributed by atoms with Crippen LogP contribution in [-0.4, -0.2) is 16.0 Å². The van der Waals surface area contributed by atoms with Crippen molar-refractivity contribution in [3.8, 4) is 0 Å². The number of hydrogen-bond acceptors (Lipinski definition) is 2. The highest BCUT2D eigenvalue weighted by Crippen LogP contribution is 2.60. The van der Waals surface area contributed by atoms with Gasteiger partial charge in [-0.1, -0.05) is 0 Å². The number of hydrogen-bond donors (Lipinski definition) is 2. The van der Waals surface area contributed by atoms with Gasteiger partial charge in [-0.05, 0) is 63.2 Å². The van der Waals surface area contributed by atoms with E-state index in [-0.39, 0.29) is 6.04 Å². The van der Waals surface area contributed by atoms with Crippen molar-refractivity contribution in [2.45, 2.75) is 63.3 Å². The van der Waals surface area contributed by atoms with E-state index in [4.69, 9.17) is 5.73 Å². The maximum absolute atomic E-state index is 5.88. The number of aromatic amines is 1. The van der Waals surface area contributed by atoms with E-state index in [1.54, 1.807) is 0 Å². The van der Waals surface area contributed by atoms with Gasteiger partial charge in [-0.15, -0.1) is 0 Å². The Morgan fingerprint density at radius 2 is 1.84 bits per heavy atom. The third-order valence-corrected chi connectivity index (χ3v) is 5.75. The molecule has 3 heteroatoms. The summed E-state index contributed by atoms with van der Waals surface area (Å²) in [5, 5.41) is 0. The molecule has 4 bridgehead atoms. The summed E-state index contributed by atoms with van der Waals surface area (Å²) < 4.78 is 0. The highest BCUT2D eigenvalue weighted by atomic mass is 14.9. The number of nitrogens with two attached hydrogens (primary N) is 1. The maximum atomic E-state index is 5.88. The topological polar surface area (TPSA) is 54.7 Å². The summed E-state index contributed by atoms with van der Waals surface area (Å²) in [7, 11) is 0. The van der Waals surface area contributed by atoms with Gasteiger partial charge >= 0.3 is 0 Å². The van der Waals surface area contributed by atoms with Crippen LogP contribution < -0.4 is 5.73 Å². The zero-order valence-corrected chi connectivity index (χ0v) is 11.9. The lowest BCUT2D eigenvalue weighted by atomic mass is 9.49. The predicted octanol–water partition coefficient (Wildman–Crippen LogP) is 2.77. The van der Waals surface area contributed by atoms with Gasteiger partial charge in [0.2, 0.25) is 0 Å². The first-order valence-electron chi connectivity index (χ1n) is 7.93. The molecule has 19 heavy (non-hydrogen) atoms. The molecule has 1 atom stereocenters. The molecule has 4 aliphatic rings. The second kappa shape index (κ2) is 4.08. The Labute approximate surface area is 115 Å². The Balaban J connectivity index is 1.62. The molecule has 1 aromatic heterocycles. The Hall–Kier alpha value is -0.830. The van der Waals surface area contributed by atoms with Gasteiger partial charge in [0.15, 0.2) is 0 Å². The fourth-order valence-electron chi connectivity index (χ4n) is 5.48. The summed E-state index contributed by atoms with van der Waals surface area (Å²) in [5.74, 6) is 4.06. The molecule has 5 rings (SSSR count). The molecule has 0 aromatic carbocycles. The van der Waals surface area contributed by atoms with Gasteiger partial charge in [-0.2, -0.15) is 0 Å². The summed E-state index contributed by atoms with van der Waals surface area (Å²) in [4.78, 5) is 8.19. The van der Waals surface area contributed by atoms with E-state index in [9.17, 15) is 0 Å². The van der Waals surface area contributed by atoms with E-state index in [2.05, 4.69) is 16.2 Å². The zero-order chi connectivity index (χ0) is 13.0. The van der Waals surface area contributed by atoms with E-state index in [1.807, 2.05) is 6.92 Å². The number of nitrogens with zero attached hydrogens (tertiary/aromatic N) is 1. The van der Waals surface area contributed by atoms with Crippen LogP contribution in [0.3, 0.4) is 0 Å². The van der Waals surface area contributed by atoms with E-state index in [0.29, 0.717) is 5.41 Å². The van der Waals surface area contributed by atoms with Crippen molar-refractivity contribution < 1.29 is 0 Å². The third kappa shape index (κ3) is 1.94. The molecular formula is C16H25N3. The van der Waals surface area contributed by atoms with Gasteiger partial charge in [0.1, 0.15) is 5.82 Å².